The van der Waals surface area contributed by atoms with Crippen molar-refractivity contribution >= 4 is 34.5 Å². The maximum absolute atomic E-state index is 12.7. The van der Waals surface area contributed by atoms with E-state index < -0.39 is 6.04 Å². The van der Waals surface area contributed by atoms with Crippen LogP contribution in [0.2, 0.25) is 0 Å². The van der Waals surface area contributed by atoms with Gasteiger partial charge in [0, 0.05) is 48.2 Å². The number of likely N-dealkylation sites (N-methyl/N-ethyl adjacent to an activating group) is 1. The smallest absolute Gasteiger partial charge is 0.242 e. The lowest BCUT2D eigenvalue weighted by atomic mass is 10.1. The fraction of sp³-hybridized carbons (Fsp3) is 0.444. The molecule has 0 bridgehead atoms. The van der Waals surface area contributed by atoms with Gasteiger partial charge in [0.1, 0.15) is 6.04 Å². The minimum Gasteiger partial charge on any atom is -0.357 e. The largest absolute Gasteiger partial charge is 0.357 e. The molecule has 1 aromatic heterocycles. The maximum atomic E-state index is 12.7. The Morgan fingerprint density at radius 2 is 2.12 bits per heavy atom. The molecule has 3 N–H and O–H groups in total. The number of nitrogens with zero attached hydrogens (tertiary/aromatic N) is 2. The van der Waals surface area contributed by atoms with Crippen LogP contribution in [0.1, 0.15) is 13.3 Å². The maximum Gasteiger partial charge on any atom is 0.242 e. The van der Waals surface area contributed by atoms with Gasteiger partial charge in [0.15, 0.2) is 0 Å². The lowest BCUT2D eigenvalue weighted by molar-refractivity contribution is -0.136. The summed E-state index contributed by atoms with van der Waals surface area (Å²) in [5.74, 6) is 0.117. The number of nitrogens with one attached hydrogen (secondary N) is 1. The Balaban J connectivity index is 1.73. The van der Waals surface area contributed by atoms with Crippen LogP contribution < -0.4 is 11.1 Å². The van der Waals surface area contributed by atoms with Gasteiger partial charge >= 0.3 is 0 Å². The summed E-state index contributed by atoms with van der Waals surface area (Å²) in [5, 5.41) is 3.78. The van der Waals surface area contributed by atoms with Crippen molar-refractivity contribution in [3.8, 4) is 0 Å². The number of thioether (sulfide) groups is 1. The average Bonchev–Trinajstić information content (AvgIpc) is 3.19. The van der Waals surface area contributed by atoms with Crippen LogP contribution in [0.25, 0.3) is 10.9 Å². The van der Waals surface area contributed by atoms with Gasteiger partial charge in [0.25, 0.3) is 0 Å². The molecule has 0 radical (unpaired) electrons. The molecule has 2 amide bonds. The molecule has 0 aliphatic carbocycles. The molecule has 6 nitrogen and oxygen atoms in total. The molecule has 7 heteroatoms. The first-order valence-electron chi connectivity index (χ1n) is 8.52. The fourth-order valence-corrected chi connectivity index (χ4v) is 4.35. The van der Waals surface area contributed by atoms with Crippen molar-refractivity contribution in [2.45, 2.75) is 36.9 Å². The van der Waals surface area contributed by atoms with Gasteiger partial charge in [0.05, 0.1) is 5.75 Å². The van der Waals surface area contributed by atoms with Gasteiger partial charge in [-0.3, -0.25) is 9.59 Å². The summed E-state index contributed by atoms with van der Waals surface area (Å²) in [7, 11) is 1.59. The van der Waals surface area contributed by atoms with Gasteiger partial charge < -0.3 is 20.5 Å². The Labute approximate surface area is 151 Å². The number of nitrogens with two attached hydrogens (primary N) is 1. The molecule has 1 saturated heterocycles. The topological polar surface area (TPSA) is 80.4 Å². The summed E-state index contributed by atoms with van der Waals surface area (Å²) < 4.78 is 2.18. The molecule has 0 spiro atoms. The molecule has 1 aliphatic rings. The quantitative estimate of drug-likeness (QED) is 0.791. The second kappa shape index (κ2) is 7.49. The number of fused-ring (bicyclic) bond motifs is 1. The third kappa shape index (κ3) is 3.52. The van der Waals surface area contributed by atoms with Crippen molar-refractivity contribution in [3.05, 3.63) is 30.5 Å². The Kier molecular flexibility index (Phi) is 5.34. The summed E-state index contributed by atoms with van der Waals surface area (Å²) in [6.45, 7) is 3.43. The molecule has 2 aromatic rings. The Morgan fingerprint density at radius 3 is 2.84 bits per heavy atom. The minimum absolute atomic E-state index is 0.0418. The van der Waals surface area contributed by atoms with Crippen LogP contribution in [0.4, 0.5) is 0 Å². The number of para-hydroxylation sites is 1. The average molecular weight is 360 g/mol. The van der Waals surface area contributed by atoms with Crippen LogP contribution in [-0.2, 0) is 16.1 Å². The van der Waals surface area contributed by atoms with Crippen LogP contribution >= 0.6 is 11.8 Å². The van der Waals surface area contributed by atoms with E-state index in [1.807, 2.05) is 12.1 Å². The Bertz CT molecular complexity index is 788. The molecule has 134 valence electrons. The number of benzene rings is 1. The molecule has 25 heavy (non-hydrogen) atoms. The van der Waals surface area contributed by atoms with Crippen molar-refractivity contribution in [2.24, 2.45) is 5.73 Å². The normalized spacial score (nSPS) is 20.2. The zero-order valence-electron chi connectivity index (χ0n) is 14.6. The molecule has 0 unspecified atom stereocenters. The molecule has 2 heterocycles. The second-order valence-corrected chi connectivity index (χ2v) is 7.27. The molecule has 0 saturated carbocycles. The summed E-state index contributed by atoms with van der Waals surface area (Å²) in [5.41, 5.74) is 7.14. The number of hydrogen-bond donors (Lipinski definition) is 2. The molecule has 1 fully saturated rings. The number of aromatic nitrogens is 1. The number of rotatable bonds is 5. The standard InChI is InChI=1S/C18H24N4O2S/c1-3-21-10-16(13-6-4-5-7-14(13)21)25-11-17(23)22-9-12(19)8-15(22)18(24)20-2/h4-7,10,12,15H,3,8-9,11,19H2,1-2H3,(H,20,24)/t12-,15+/m1/s1. The van der Waals surface area contributed by atoms with Crippen LogP contribution in [0, 0.1) is 0 Å². The van der Waals surface area contributed by atoms with E-state index in [0.717, 1.165) is 16.8 Å². The summed E-state index contributed by atoms with van der Waals surface area (Å²) in [6.07, 6.45) is 2.61. The van der Waals surface area contributed by atoms with Crippen LogP contribution in [0.3, 0.4) is 0 Å². The summed E-state index contributed by atoms with van der Waals surface area (Å²) in [6, 6.07) is 7.60. The zero-order chi connectivity index (χ0) is 18.0. The number of carbonyl (C=O) groups is 2. The van der Waals surface area contributed by atoms with Crippen molar-refractivity contribution in [2.75, 3.05) is 19.3 Å². The number of hydrogen-bond acceptors (Lipinski definition) is 4. The summed E-state index contributed by atoms with van der Waals surface area (Å²) in [4.78, 5) is 27.4. The van der Waals surface area contributed by atoms with Crippen molar-refractivity contribution in [1.82, 2.24) is 14.8 Å². The predicted octanol–water partition coefficient (Wildman–Crippen LogP) is 1.43. The van der Waals surface area contributed by atoms with Gasteiger partial charge in [-0.25, -0.2) is 0 Å². The van der Waals surface area contributed by atoms with Crippen molar-refractivity contribution in [3.63, 3.8) is 0 Å². The van der Waals surface area contributed by atoms with Gasteiger partial charge in [0.2, 0.25) is 11.8 Å². The SMILES string of the molecule is CCn1cc(SCC(=O)N2C[C@H](N)C[C@H]2C(=O)NC)c2ccccc21. The monoisotopic (exact) mass is 360 g/mol. The number of carbonyl (C=O) groups excluding carboxylic acids is 2. The first-order valence-corrected chi connectivity index (χ1v) is 9.51. The van der Waals surface area contributed by atoms with E-state index in [4.69, 9.17) is 5.73 Å². The van der Waals surface area contributed by atoms with Crippen LogP contribution in [-0.4, -0.2) is 52.7 Å². The Hall–Kier alpha value is -1.99. The van der Waals surface area contributed by atoms with E-state index in [1.54, 1.807) is 11.9 Å². The molecule has 1 aliphatic heterocycles. The van der Waals surface area contributed by atoms with E-state index in [-0.39, 0.29) is 17.9 Å². The summed E-state index contributed by atoms with van der Waals surface area (Å²) >= 11 is 1.52. The Morgan fingerprint density at radius 1 is 1.36 bits per heavy atom. The van der Waals surface area contributed by atoms with E-state index in [2.05, 4.69) is 35.1 Å². The highest BCUT2D eigenvalue weighted by molar-refractivity contribution is 8.00. The van der Waals surface area contributed by atoms with Crippen molar-refractivity contribution in [1.29, 1.82) is 0 Å². The van der Waals surface area contributed by atoms with Crippen LogP contribution in [0.5, 0.6) is 0 Å². The molecule has 3 rings (SSSR count). The minimum atomic E-state index is -0.454. The van der Waals surface area contributed by atoms with E-state index in [1.165, 1.54) is 17.3 Å². The van der Waals surface area contributed by atoms with Gasteiger partial charge in [-0.1, -0.05) is 18.2 Å². The highest BCUT2D eigenvalue weighted by Gasteiger charge is 2.37. The van der Waals surface area contributed by atoms with Crippen molar-refractivity contribution < 1.29 is 9.59 Å². The van der Waals surface area contributed by atoms with E-state index in [0.29, 0.717) is 18.7 Å². The fourth-order valence-electron chi connectivity index (χ4n) is 3.37. The third-order valence-electron chi connectivity index (χ3n) is 4.65. The lowest BCUT2D eigenvalue weighted by Crippen LogP contribution is -2.45. The molecule has 2 atom stereocenters. The highest BCUT2D eigenvalue weighted by atomic mass is 32.2. The first kappa shape index (κ1) is 17.8. The number of likely N-dealkylation sites (tertiary alicyclic amines) is 1. The van der Waals surface area contributed by atoms with E-state index >= 15 is 0 Å². The van der Waals surface area contributed by atoms with Gasteiger partial charge in [-0.2, -0.15) is 0 Å². The predicted molar refractivity (Wildman–Crippen MR) is 100 cm³/mol. The first-order chi connectivity index (χ1) is 12.0. The zero-order valence-corrected chi connectivity index (χ0v) is 15.4. The van der Waals surface area contributed by atoms with Gasteiger partial charge in [-0.15, -0.1) is 11.8 Å². The lowest BCUT2D eigenvalue weighted by Gasteiger charge is -2.23. The second-order valence-electron chi connectivity index (χ2n) is 6.26. The van der Waals surface area contributed by atoms with Gasteiger partial charge in [-0.05, 0) is 19.4 Å². The number of amides is 2. The molecular formula is C18H24N4O2S. The molecule has 1 aromatic carbocycles. The van der Waals surface area contributed by atoms with Crippen LogP contribution in [0.15, 0.2) is 35.4 Å². The highest BCUT2D eigenvalue weighted by Crippen LogP contribution is 2.30. The third-order valence-corrected chi connectivity index (χ3v) is 5.67. The molecular weight excluding hydrogens is 336 g/mol. The number of aryl methyl sites for hydroxylation is 1. The van der Waals surface area contributed by atoms with E-state index in [9.17, 15) is 9.59 Å².